The van der Waals surface area contributed by atoms with Crippen molar-refractivity contribution in [3.8, 4) is 5.75 Å². The molecule has 1 unspecified atom stereocenters. The number of nitrogens with one attached hydrogen (secondary N) is 2. The van der Waals surface area contributed by atoms with Gasteiger partial charge < -0.3 is 20.1 Å². The quantitative estimate of drug-likeness (QED) is 0.642. The van der Waals surface area contributed by atoms with E-state index in [1.807, 2.05) is 51.1 Å². The Hall–Kier alpha value is -3.62. The molecule has 5 rings (SSSR count). The fourth-order valence-corrected chi connectivity index (χ4v) is 4.05. The van der Waals surface area contributed by atoms with Gasteiger partial charge in [0.05, 0.1) is 24.4 Å². The topological polar surface area (TPSA) is 98.5 Å². The fraction of sp³-hybridized carbons (Fsp3) is 0.391. The number of ether oxygens (including phenoxy) is 2. The SMILES string of the molecule is COc1cccc2c1C(NC1=Nc3ccc(Nc4nnn(C(C)(C)C)n4)cc3CO1)CC2. The van der Waals surface area contributed by atoms with Crippen molar-refractivity contribution in [1.29, 1.82) is 0 Å². The monoisotopic (exact) mass is 433 g/mol. The summed E-state index contributed by atoms with van der Waals surface area (Å²) in [6, 6.07) is 12.8. The fourth-order valence-electron chi connectivity index (χ4n) is 4.05. The molecule has 9 heteroatoms. The summed E-state index contributed by atoms with van der Waals surface area (Å²) in [5, 5.41) is 19.2. The highest BCUT2D eigenvalue weighted by Gasteiger charge is 2.28. The molecule has 0 fully saturated rings. The number of hydrogen-bond donors (Lipinski definition) is 2. The van der Waals surface area contributed by atoms with Gasteiger partial charge in [0.15, 0.2) is 0 Å². The molecular formula is C23H27N7O2. The lowest BCUT2D eigenvalue weighted by atomic mass is 10.1. The Bertz CT molecular complexity index is 1180. The van der Waals surface area contributed by atoms with E-state index in [4.69, 9.17) is 9.47 Å². The second-order valence-corrected chi connectivity index (χ2v) is 9.02. The Morgan fingerprint density at radius 3 is 2.81 bits per heavy atom. The van der Waals surface area contributed by atoms with Crippen LogP contribution >= 0.6 is 0 Å². The molecule has 0 spiro atoms. The number of benzene rings is 2. The zero-order valence-electron chi connectivity index (χ0n) is 18.7. The van der Waals surface area contributed by atoms with Crippen molar-refractivity contribution in [3.05, 3.63) is 53.1 Å². The van der Waals surface area contributed by atoms with Gasteiger partial charge in [-0.25, -0.2) is 0 Å². The van der Waals surface area contributed by atoms with Crippen molar-refractivity contribution in [1.82, 2.24) is 25.5 Å². The minimum atomic E-state index is -0.224. The predicted octanol–water partition coefficient (Wildman–Crippen LogP) is 3.98. The van der Waals surface area contributed by atoms with E-state index in [-0.39, 0.29) is 11.6 Å². The van der Waals surface area contributed by atoms with Crippen LogP contribution in [0.4, 0.5) is 17.3 Å². The maximum atomic E-state index is 5.93. The normalized spacial score (nSPS) is 17.1. The number of amidine groups is 1. The van der Waals surface area contributed by atoms with Crippen molar-refractivity contribution < 1.29 is 9.47 Å². The van der Waals surface area contributed by atoms with Crippen LogP contribution in [0.15, 0.2) is 41.4 Å². The molecule has 166 valence electrons. The Kier molecular flexibility index (Phi) is 4.96. The number of methoxy groups -OCH3 is 1. The van der Waals surface area contributed by atoms with Gasteiger partial charge >= 0.3 is 0 Å². The standard InChI is InChI=1S/C23H27N7O2/c1-23(2,3)30-28-21(27-29-30)24-16-9-11-17-15(12-16)13-32-22(25-17)26-18-10-8-14-6-5-7-19(31-4)20(14)18/h5-7,9,11-12,18H,8,10,13H2,1-4H3,(H,24,28)(H,25,26). The van der Waals surface area contributed by atoms with Crippen LogP contribution in [0.2, 0.25) is 0 Å². The zero-order chi connectivity index (χ0) is 22.3. The largest absolute Gasteiger partial charge is 0.496 e. The summed E-state index contributed by atoms with van der Waals surface area (Å²) in [5.74, 6) is 1.36. The number of tetrazole rings is 1. The lowest BCUT2D eigenvalue weighted by Crippen LogP contribution is -2.30. The number of nitrogens with zero attached hydrogens (tertiary/aromatic N) is 5. The molecule has 1 atom stereocenters. The summed E-state index contributed by atoms with van der Waals surface area (Å²) in [6.45, 7) is 6.51. The minimum absolute atomic E-state index is 0.124. The first-order chi connectivity index (χ1) is 15.4. The van der Waals surface area contributed by atoms with E-state index in [1.54, 1.807) is 11.9 Å². The minimum Gasteiger partial charge on any atom is -0.496 e. The predicted molar refractivity (Wildman–Crippen MR) is 122 cm³/mol. The summed E-state index contributed by atoms with van der Waals surface area (Å²) in [6.07, 6.45) is 1.99. The van der Waals surface area contributed by atoms with Crippen molar-refractivity contribution in [2.75, 3.05) is 12.4 Å². The molecule has 0 amide bonds. The Labute approximate surface area is 186 Å². The molecule has 2 heterocycles. The third-order valence-electron chi connectivity index (χ3n) is 5.66. The average molecular weight is 434 g/mol. The smallest absolute Gasteiger partial charge is 0.290 e. The van der Waals surface area contributed by atoms with Crippen molar-refractivity contribution in [2.45, 2.75) is 51.8 Å². The van der Waals surface area contributed by atoms with Gasteiger partial charge in [0.25, 0.3) is 12.0 Å². The Morgan fingerprint density at radius 1 is 1.16 bits per heavy atom. The van der Waals surface area contributed by atoms with Gasteiger partial charge in [0, 0.05) is 16.8 Å². The molecule has 0 saturated heterocycles. The van der Waals surface area contributed by atoms with E-state index in [1.165, 1.54) is 11.1 Å². The van der Waals surface area contributed by atoms with Crippen molar-refractivity contribution >= 4 is 23.3 Å². The summed E-state index contributed by atoms with van der Waals surface area (Å²) in [4.78, 5) is 6.28. The van der Waals surface area contributed by atoms with Crippen LogP contribution in [0.1, 0.15) is 49.9 Å². The number of anilines is 2. The highest BCUT2D eigenvalue weighted by atomic mass is 16.5. The molecule has 1 aliphatic carbocycles. The van der Waals surface area contributed by atoms with E-state index >= 15 is 0 Å². The van der Waals surface area contributed by atoms with Gasteiger partial charge in [-0.15, -0.1) is 5.10 Å². The molecule has 32 heavy (non-hydrogen) atoms. The van der Waals surface area contributed by atoms with Gasteiger partial charge in [0.2, 0.25) is 0 Å². The molecule has 1 aromatic heterocycles. The van der Waals surface area contributed by atoms with Gasteiger partial charge in [-0.2, -0.15) is 9.79 Å². The highest BCUT2D eigenvalue weighted by molar-refractivity contribution is 5.81. The number of hydrogen-bond acceptors (Lipinski definition) is 8. The third kappa shape index (κ3) is 3.86. The van der Waals surface area contributed by atoms with Crippen LogP contribution in [0.3, 0.4) is 0 Å². The number of rotatable bonds is 4. The molecule has 9 nitrogen and oxygen atoms in total. The van der Waals surface area contributed by atoms with E-state index in [0.29, 0.717) is 18.6 Å². The van der Waals surface area contributed by atoms with Crippen LogP contribution in [0.25, 0.3) is 0 Å². The lowest BCUT2D eigenvalue weighted by molar-refractivity contribution is 0.265. The number of aliphatic imine (C=N–C) groups is 1. The van der Waals surface area contributed by atoms with Crippen LogP contribution in [0, 0.1) is 0 Å². The van der Waals surface area contributed by atoms with Crippen LogP contribution in [-0.4, -0.2) is 33.3 Å². The molecule has 1 aliphatic heterocycles. The van der Waals surface area contributed by atoms with Crippen molar-refractivity contribution in [2.24, 2.45) is 4.99 Å². The van der Waals surface area contributed by atoms with Gasteiger partial charge in [0.1, 0.15) is 12.4 Å². The molecule has 0 bridgehead atoms. The van der Waals surface area contributed by atoms with Crippen LogP contribution in [0.5, 0.6) is 5.75 Å². The second kappa shape index (κ2) is 7.81. The second-order valence-electron chi connectivity index (χ2n) is 9.02. The molecule has 2 N–H and O–H groups in total. The first-order valence-corrected chi connectivity index (χ1v) is 10.7. The van der Waals surface area contributed by atoms with Gasteiger partial charge in [-0.3, -0.25) is 0 Å². The number of fused-ring (bicyclic) bond motifs is 2. The van der Waals surface area contributed by atoms with E-state index in [0.717, 1.165) is 35.5 Å². The lowest BCUT2D eigenvalue weighted by Gasteiger charge is -2.22. The number of aryl methyl sites for hydroxylation is 1. The highest BCUT2D eigenvalue weighted by Crippen LogP contribution is 2.38. The Morgan fingerprint density at radius 2 is 2.03 bits per heavy atom. The first kappa shape index (κ1) is 20.3. The molecule has 0 radical (unpaired) electrons. The van der Waals surface area contributed by atoms with Gasteiger partial charge in [-0.1, -0.05) is 17.2 Å². The molecule has 2 aromatic carbocycles. The van der Waals surface area contributed by atoms with Crippen LogP contribution < -0.4 is 15.4 Å². The summed E-state index contributed by atoms with van der Waals surface area (Å²) in [7, 11) is 1.71. The number of aromatic nitrogens is 4. The van der Waals surface area contributed by atoms with Gasteiger partial charge in [-0.05, 0) is 68.7 Å². The first-order valence-electron chi connectivity index (χ1n) is 10.7. The third-order valence-corrected chi connectivity index (χ3v) is 5.66. The molecule has 2 aliphatic rings. The van der Waals surface area contributed by atoms with E-state index in [2.05, 4.69) is 37.1 Å². The van der Waals surface area contributed by atoms with E-state index in [9.17, 15) is 0 Å². The maximum Gasteiger partial charge on any atom is 0.290 e. The summed E-state index contributed by atoms with van der Waals surface area (Å²) < 4.78 is 11.5. The Balaban J connectivity index is 1.31. The average Bonchev–Trinajstić information content (AvgIpc) is 3.41. The van der Waals surface area contributed by atoms with Crippen LogP contribution in [-0.2, 0) is 23.3 Å². The van der Waals surface area contributed by atoms with E-state index < -0.39 is 0 Å². The summed E-state index contributed by atoms with van der Waals surface area (Å²) in [5.41, 5.74) is 5.02. The maximum absolute atomic E-state index is 5.93. The van der Waals surface area contributed by atoms with Crippen molar-refractivity contribution in [3.63, 3.8) is 0 Å². The molecular weight excluding hydrogens is 406 g/mol. The zero-order valence-corrected chi connectivity index (χ0v) is 18.7. The molecule has 3 aromatic rings. The summed E-state index contributed by atoms with van der Waals surface area (Å²) >= 11 is 0. The molecule has 0 saturated carbocycles.